The first-order chi connectivity index (χ1) is 12.8. The molecule has 146 valence electrons. The number of benzene rings is 1. The number of aliphatic imine (C=N–C) groups is 1. The summed E-state index contributed by atoms with van der Waals surface area (Å²) in [6.45, 7) is 8.00. The van der Waals surface area contributed by atoms with Gasteiger partial charge in [-0.05, 0) is 31.7 Å². The molecule has 0 aliphatic heterocycles. The van der Waals surface area contributed by atoms with E-state index in [0.29, 0.717) is 12.5 Å². The fraction of sp³-hybridized carbons (Fsp3) is 0.600. The molecule has 0 atom stereocenters. The zero-order valence-electron chi connectivity index (χ0n) is 16.2. The zero-order valence-corrected chi connectivity index (χ0v) is 16.2. The smallest absolute Gasteiger partial charge is 0.241 e. The van der Waals surface area contributed by atoms with E-state index >= 15 is 0 Å². The van der Waals surface area contributed by atoms with E-state index in [9.17, 15) is 4.79 Å². The highest BCUT2D eigenvalue weighted by atomic mass is 16.5. The van der Waals surface area contributed by atoms with Crippen LogP contribution in [0.3, 0.4) is 0 Å². The molecule has 0 aliphatic rings. The van der Waals surface area contributed by atoms with Crippen LogP contribution in [0.5, 0.6) is 0 Å². The molecule has 1 aromatic rings. The Hall–Kier alpha value is -2.08. The molecule has 1 rings (SSSR count). The number of hydrogen-bond acceptors (Lipinski definition) is 3. The number of unbranched alkanes of at least 4 members (excludes halogenated alkanes) is 1. The highest BCUT2D eigenvalue weighted by molar-refractivity contribution is 5.84. The maximum absolute atomic E-state index is 11.9. The van der Waals surface area contributed by atoms with E-state index in [1.807, 2.05) is 25.1 Å². The molecule has 0 aliphatic carbocycles. The Morgan fingerprint density at radius 2 is 1.77 bits per heavy atom. The lowest BCUT2D eigenvalue weighted by molar-refractivity contribution is -0.119. The van der Waals surface area contributed by atoms with Gasteiger partial charge in [0.15, 0.2) is 5.96 Å². The number of guanidine groups is 1. The Morgan fingerprint density at radius 3 is 2.50 bits per heavy atom. The van der Waals surface area contributed by atoms with Crippen LogP contribution in [0, 0.1) is 0 Å². The van der Waals surface area contributed by atoms with Crippen molar-refractivity contribution in [3.63, 3.8) is 0 Å². The molecule has 6 nitrogen and oxygen atoms in total. The lowest BCUT2D eigenvalue weighted by Crippen LogP contribution is -2.39. The molecule has 0 saturated carbocycles. The van der Waals surface area contributed by atoms with Crippen LogP contribution in [0.2, 0.25) is 0 Å². The average Bonchev–Trinajstić information content (AvgIpc) is 2.66. The molecule has 1 amide bonds. The highest BCUT2D eigenvalue weighted by Gasteiger charge is 2.02. The third-order valence-corrected chi connectivity index (χ3v) is 3.70. The second-order valence-electron chi connectivity index (χ2n) is 6.03. The van der Waals surface area contributed by atoms with Gasteiger partial charge in [-0.2, -0.15) is 0 Å². The molecule has 0 bridgehead atoms. The summed E-state index contributed by atoms with van der Waals surface area (Å²) in [6, 6.07) is 10.1. The molecular formula is C20H34N4O2. The van der Waals surface area contributed by atoms with Crippen molar-refractivity contribution in [2.24, 2.45) is 4.99 Å². The molecule has 0 fully saturated rings. The lowest BCUT2D eigenvalue weighted by Gasteiger charge is -2.11. The van der Waals surface area contributed by atoms with Crippen molar-refractivity contribution in [3.05, 3.63) is 35.9 Å². The molecule has 0 radical (unpaired) electrons. The van der Waals surface area contributed by atoms with E-state index in [-0.39, 0.29) is 12.5 Å². The first kappa shape index (κ1) is 22.0. The van der Waals surface area contributed by atoms with Crippen LogP contribution in [-0.4, -0.2) is 51.3 Å². The monoisotopic (exact) mass is 362 g/mol. The fourth-order valence-corrected chi connectivity index (χ4v) is 2.27. The minimum atomic E-state index is -0.0685. The second kappa shape index (κ2) is 15.2. The Balaban J connectivity index is 2.19. The normalized spacial score (nSPS) is 11.2. The maximum atomic E-state index is 11.9. The average molecular weight is 363 g/mol. The molecular weight excluding hydrogens is 328 g/mol. The maximum Gasteiger partial charge on any atom is 0.241 e. The third-order valence-electron chi connectivity index (χ3n) is 3.70. The summed E-state index contributed by atoms with van der Waals surface area (Å²) in [4.78, 5) is 16.3. The van der Waals surface area contributed by atoms with Gasteiger partial charge in [-0.25, -0.2) is 4.99 Å². The van der Waals surface area contributed by atoms with Crippen molar-refractivity contribution in [2.45, 2.75) is 39.5 Å². The van der Waals surface area contributed by atoms with Crippen LogP contribution in [0.1, 0.15) is 38.7 Å². The Bertz CT molecular complexity index is 506. The van der Waals surface area contributed by atoms with E-state index in [1.54, 1.807) is 0 Å². The number of nitrogens with zero attached hydrogens (tertiary/aromatic N) is 1. The standard InChI is InChI=1S/C20H34N4O2/c1-3-5-15-26-16-9-13-23-20(21-4-2)24-17-19(25)22-14-12-18-10-7-6-8-11-18/h6-8,10-11H,3-5,9,12-17H2,1-2H3,(H,22,25)(H2,21,23,24). The number of ether oxygens (including phenoxy) is 1. The lowest BCUT2D eigenvalue weighted by atomic mass is 10.1. The van der Waals surface area contributed by atoms with Crippen LogP contribution in [0.15, 0.2) is 35.3 Å². The van der Waals surface area contributed by atoms with Crippen molar-refractivity contribution in [3.8, 4) is 0 Å². The van der Waals surface area contributed by atoms with Gasteiger partial charge in [-0.3, -0.25) is 4.79 Å². The predicted octanol–water partition coefficient (Wildman–Crippen LogP) is 2.11. The van der Waals surface area contributed by atoms with Crippen LogP contribution in [0.25, 0.3) is 0 Å². The number of carbonyl (C=O) groups excluding carboxylic acids is 1. The quantitative estimate of drug-likeness (QED) is 0.285. The number of nitrogens with one attached hydrogen (secondary N) is 3. The molecule has 1 aromatic carbocycles. The van der Waals surface area contributed by atoms with E-state index in [0.717, 1.165) is 52.0 Å². The van der Waals surface area contributed by atoms with Crippen LogP contribution in [-0.2, 0) is 16.0 Å². The van der Waals surface area contributed by atoms with Gasteiger partial charge in [0, 0.05) is 32.8 Å². The van der Waals surface area contributed by atoms with Gasteiger partial charge in [0.25, 0.3) is 0 Å². The summed E-state index contributed by atoms with van der Waals surface area (Å²) in [5.74, 6) is 0.598. The van der Waals surface area contributed by atoms with E-state index in [1.165, 1.54) is 5.56 Å². The molecule has 6 heteroatoms. The van der Waals surface area contributed by atoms with E-state index in [4.69, 9.17) is 4.74 Å². The number of amides is 1. The summed E-state index contributed by atoms with van der Waals surface area (Å²) >= 11 is 0. The van der Waals surface area contributed by atoms with Gasteiger partial charge in [-0.1, -0.05) is 43.7 Å². The minimum absolute atomic E-state index is 0.0685. The summed E-state index contributed by atoms with van der Waals surface area (Å²) in [5, 5.41) is 9.28. The Morgan fingerprint density at radius 1 is 1.00 bits per heavy atom. The van der Waals surface area contributed by atoms with Gasteiger partial charge < -0.3 is 20.7 Å². The van der Waals surface area contributed by atoms with Gasteiger partial charge in [0.1, 0.15) is 6.54 Å². The van der Waals surface area contributed by atoms with Crippen molar-refractivity contribution < 1.29 is 9.53 Å². The zero-order chi connectivity index (χ0) is 18.9. The second-order valence-corrected chi connectivity index (χ2v) is 6.03. The number of rotatable bonds is 13. The first-order valence-corrected chi connectivity index (χ1v) is 9.66. The third kappa shape index (κ3) is 11.5. The largest absolute Gasteiger partial charge is 0.381 e. The first-order valence-electron chi connectivity index (χ1n) is 9.66. The molecule has 3 N–H and O–H groups in total. The van der Waals surface area contributed by atoms with Crippen molar-refractivity contribution in [1.29, 1.82) is 0 Å². The number of carbonyl (C=O) groups is 1. The SMILES string of the molecule is CCCCOCCCNC(=NCC(=O)NCCc1ccccc1)NCC. The summed E-state index contributed by atoms with van der Waals surface area (Å²) in [7, 11) is 0. The van der Waals surface area contributed by atoms with E-state index in [2.05, 4.69) is 40.0 Å². The molecule has 0 heterocycles. The van der Waals surface area contributed by atoms with Crippen LogP contribution in [0.4, 0.5) is 0 Å². The van der Waals surface area contributed by atoms with Gasteiger partial charge in [0.05, 0.1) is 0 Å². The van der Waals surface area contributed by atoms with Crippen LogP contribution < -0.4 is 16.0 Å². The summed E-state index contributed by atoms with van der Waals surface area (Å²) in [5.41, 5.74) is 1.22. The van der Waals surface area contributed by atoms with Gasteiger partial charge in [0.2, 0.25) is 5.91 Å². The van der Waals surface area contributed by atoms with Gasteiger partial charge in [-0.15, -0.1) is 0 Å². The molecule has 0 saturated heterocycles. The molecule has 0 spiro atoms. The summed E-state index contributed by atoms with van der Waals surface area (Å²) < 4.78 is 5.53. The van der Waals surface area contributed by atoms with E-state index < -0.39 is 0 Å². The van der Waals surface area contributed by atoms with Crippen LogP contribution >= 0.6 is 0 Å². The Labute approximate surface area is 157 Å². The van der Waals surface area contributed by atoms with Crippen molar-refractivity contribution >= 4 is 11.9 Å². The topological polar surface area (TPSA) is 74.8 Å². The predicted molar refractivity (Wildman–Crippen MR) is 107 cm³/mol. The molecule has 0 aromatic heterocycles. The van der Waals surface area contributed by atoms with Gasteiger partial charge >= 0.3 is 0 Å². The van der Waals surface area contributed by atoms with Crippen molar-refractivity contribution in [1.82, 2.24) is 16.0 Å². The number of hydrogen-bond donors (Lipinski definition) is 3. The minimum Gasteiger partial charge on any atom is -0.381 e. The highest BCUT2D eigenvalue weighted by Crippen LogP contribution is 1.98. The molecule has 26 heavy (non-hydrogen) atoms. The van der Waals surface area contributed by atoms with Crippen molar-refractivity contribution in [2.75, 3.05) is 39.4 Å². The summed E-state index contributed by atoms with van der Waals surface area (Å²) in [6.07, 6.45) is 4.00. The fourth-order valence-electron chi connectivity index (χ4n) is 2.27. The molecule has 0 unspecified atom stereocenters. The Kier molecular flexibility index (Phi) is 12.8.